The summed E-state index contributed by atoms with van der Waals surface area (Å²) in [5, 5.41) is 13.4. The smallest absolute Gasteiger partial charge is 0.331 e. The lowest BCUT2D eigenvalue weighted by atomic mass is 10.2. The van der Waals surface area contributed by atoms with Crippen LogP contribution in [-0.2, 0) is 24.3 Å². The molecule has 2 aromatic carbocycles. The molecule has 0 radical (unpaired) electrons. The third-order valence-corrected chi connectivity index (χ3v) is 6.73. The van der Waals surface area contributed by atoms with Crippen LogP contribution in [0.1, 0.15) is 25.0 Å². The van der Waals surface area contributed by atoms with Crippen molar-refractivity contribution in [2.75, 3.05) is 25.0 Å². The number of anilines is 1. The second-order valence-electron chi connectivity index (χ2n) is 6.91. The van der Waals surface area contributed by atoms with Crippen LogP contribution in [0.3, 0.4) is 0 Å². The minimum atomic E-state index is -3.57. The first-order chi connectivity index (χ1) is 15.6. The van der Waals surface area contributed by atoms with Gasteiger partial charge in [-0.15, -0.1) is 0 Å². The summed E-state index contributed by atoms with van der Waals surface area (Å²) in [5.74, 6) is -1.43. The fraction of sp³-hybridized carbons (Fsp3) is 0.273. The predicted molar refractivity (Wildman–Crippen MR) is 123 cm³/mol. The van der Waals surface area contributed by atoms with Crippen molar-refractivity contribution in [1.29, 1.82) is 0 Å². The van der Waals surface area contributed by atoms with Gasteiger partial charge in [0.15, 0.2) is 6.61 Å². The van der Waals surface area contributed by atoms with Gasteiger partial charge in [0, 0.05) is 36.5 Å². The van der Waals surface area contributed by atoms with Gasteiger partial charge in [-0.3, -0.25) is 14.9 Å². The van der Waals surface area contributed by atoms with E-state index in [0.717, 1.165) is 6.08 Å². The van der Waals surface area contributed by atoms with Crippen LogP contribution < -0.4 is 5.32 Å². The quantitative estimate of drug-likeness (QED) is 0.241. The van der Waals surface area contributed by atoms with E-state index in [9.17, 15) is 28.1 Å². The Labute approximate surface area is 192 Å². The maximum absolute atomic E-state index is 12.5. The minimum absolute atomic E-state index is 0.136. The number of nitro groups is 1. The molecule has 0 aliphatic heterocycles. The molecule has 0 aromatic heterocycles. The first-order valence-electron chi connectivity index (χ1n) is 10.1. The minimum Gasteiger partial charge on any atom is -0.452 e. The van der Waals surface area contributed by atoms with Crippen LogP contribution in [0.25, 0.3) is 6.08 Å². The Balaban J connectivity index is 1.92. The number of carbonyl (C=O) groups excluding carboxylic acids is 2. The van der Waals surface area contributed by atoms with Crippen LogP contribution in [0.5, 0.6) is 0 Å². The molecule has 33 heavy (non-hydrogen) atoms. The molecule has 1 N–H and O–H groups in total. The Kier molecular flexibility index (Phi) is 8.83. The largest absolute Gasteiger partial charge is 0.452 e. The maximum atomic E-state index is 12.5. The first kappa shape index (κ1) is 25.7. The molecular weight excluding hydrogens is 450 g/mol. The number of ether oxygens (including phenoxy) is 1. The van der Waals surface area contributed by atoms with Gasteiger partial charge in [0.2, 0.25) is 10.0 Å². The fourth-order valence-electron chi connectivity index (χ4n) is 2.89. The number of esters is 1. The van der Waals surface area contributed by atoms with Crippen molar-refractivity contribution in [3.8, 4) is 0 Å². The molecule has 0 bridgehead atoms. The number of aryl methyl sites for hydroxylation is 1. The van der Waals surface area contributed by atoms with E-state index < -0.39 is 33.4 Å². The lowest BCUT2D eigenvalue weighted by Gasteiger charge is -2.18. The van der Waals surface area contributed by atoms with Crippen molar-refractivity contribution in [2.45, 2.75) is 25.7 Å². The van der Waals surface area contributed by atoms with Crippen molar-refractivity contribution >= 4 is 39.4 Å². The molecule has 2 rings (SSSR count). The second-order valence-corrected chi connectivity index (χ2v) is 8.84. The summed E-state index contributed by atoms with van der Waals surface area (Å²) in [6.07, 6.45) is 2.54. The number of hydrogen-bond donors (Lipinski definition) is 1. The number of nitrogens with zero attached hydrogens (tertiary/aromatic N) is 2. The molecule has 0 heterocycles. The number of benzene rings is 2. The Hall–Kier alpha value is -3.57. The third-order valence-electron chi connectivity index (χ3n) is 4.67. The molecule has 176 valence electrons. The van der Waals surface area contributed by atoms with E-state index in [1.807, 2.05) is 0 Å². The van der Waals surface area contributed by atoms with E-state index in [1.54, 1.807) is 32.9 Å². The summed E-state index contributed by atoms with van der Waals surface area (Å²) >= 11 is 0. The average molecular weight is 476 g/mol. The van der Waals surface area contributed by atoms with Crippen LogP contribution in [0.4, 0.5) is 11.4 Å². The predicted octanol–water partition coefficient (Wildman–Crippen LogP) is 3.13. The zero-order chi connectivity index (χ0) is 24.6. The van der Waals surface area contributed by atoms with Crippen molar-refractivity contribution in [2.24, 2.45) is 0 Å². The summed E-state index contributed by atoms with van der Waals surface area (Å²) in [5.41, 5.74) is 1.10. The van der Waals surface area contributed by atoms with E-state index in [-0.39, 0.29) is 16.3 Å². The molecular formula is C22H25N3O7S. The monoisotopic (exact) mass is 475 g/mol. The highest BCUT2D eigenvalue weighted by Gasteiger charge is 2.21. The number of rotatable bonds is 10. The number of hydrogen-bond acceptors (Lipinski definition) is 7. The highest BCUT2D eigenvalue weighted by molar-refractivity contribution is 7.89. The van der Waals surface area contributed by atoms with Crippen LogP contribution in [0, 0.1) is 17.0 Å². The Bertz CT molecular complexity index is 1160. The Morgan fingerprint density at radius 2 is 1.76 bits per heavy atom. The topological polar surface area (TPSA) is 136 Å². The number of nitrogens with one attached hydrogen (secondary N) is 1. The summed E-state index contributed by atoms with van der Waals surface area (Å²) in [6.45, 7) is 5.24. The summed E-state index contributed by atoms with van der Waals surface area (Å²) in [6, 6.07) is 10.2. The Morgan fingerprint density at radius 1 is 1.12 bits per heavy atom. The molecule has 2 aromatic rings. The number of sulfonamides is 1. The average Bonchev–Trinajstić information content (AvgIpc) is 2.78. The van der Waals surface area contributed by atoms with Crippen molar-refractivity contribution in [3.63, 3.8) is 0 Å². The SMILES string of the molecule is CCN(CC)S(=O)(=O)c1ccc(/C=C/C(=O)OCC(=O)Nc2ccc(C)c([N+](=O)[O-])c2)cc1. The first-order valence-corrected chi connectivity index (χ1v) is 11.5. The highest BCUT2D eigenvalue weighted by Crippen LogP contribution is 2.22. The standard InChI is InChI=1S/C22H25N3O7S/c1-4-24(5-2)33(30,31)19-11-7-17(8-12-19)9-13-22(27)32-15-21(26)23-18-10-6-16(3)20(14-18)25(28)29/h6-14H,4-5,15H2,1-3H3,(H,23,26)/b13-9+. The van der Waals surface area contributed by atoms with Gasteiger partial charge >= 0.3 is 5.97 Å². The van der Waals surface area contributed by atoms with E-state index in [4.69, 9.17) is 4.74 Å². The van der Waals surface area contributed by atoms with Gasteiger partial charge in [-0.1, -0.05) is 32.0 Å². The molecule has 0 aliphatic carbocycles. The molecule has 0 atom stereocenters. The van der Waals surface area contributed by atoms with E-state index >= 15 is 0 Å². The fourth-order valence-corrected chi connectivity index (χ4v) is 4.35. The van der Waals surface area contributed by atoms with Crippen LogP contribution >= 0.6 is 0 Å². The van der Waals surface area contributed by atoms with Gasteiger partial charge < -0.3 is 10.1 Å². The molecule has 0 aliphatic rings. The normalized spacial score (nSPS) is 11.5. The lowest BCUT2D eigenvalue weighted by Crippen LogP contribution is -2.30. The molecule has 10 nitrogen and oxygen atoms in total. The van der Waals surface area contributed by atoms with Crippen molar-refractivity contribution < 1.29 is 27.7 Å². The molecule has 0 spiro atoms. The molecule has 0 saturated heterocycles. The maximum Gasteiger partial charge on any atom is 0.331 e. The van der Waals surface area contributed by atoms with Gasteiger partial charge in [-0.2, -0.15) is 4.31 Å². The van der Waals surface area contributed by atoms with E-state index in [2.05, 4.69) is 5.32 Å². The van der Waals surface area contributed by atoms with Crippen molar-refractivity contribution in [3.05, 3.63) is 69.8 Å². The lowest BCUT2D eigenvalue weighted by molar-refractivity contribution is -0.385. The summed E-state index contributed by atoms with van der Waals surface area (Å²) in [4.78, 5) is 34.4. The van der Waals surface area contributed by atoms with Crippen molar-refractivity contribution in [1.82, 2.24) is 4.31 Å². The van der Waals surface area contributed by atoms with Gasteiger partial charge in [-0.25, -0.2) is 13.2 Å². The van der Waals surface area contributed by atoms with Gasteiger partial charge in [-0.05, 0) is 36.8 Å². The number of carbonyl (C=O) groups is 2. The Morgan fingerprint density at radius 3 is 2.33 bits per heavy atom. The zero-order valence-electron chi connectivity index (χ0n) is 18.5. The molecule has 1 amide bonds. The second kappa shape index (κ2) is 11.3. The zero-order valence-corrected chi connectivity index (χ0v) is 19.3. The van der Waals surface area contributed by atoms with Crippen LogP contribution in [0.15, 0.2) is 53.4 Å². The summed E-state index contributed by atoms with van der Waals surface area (Å²) in [7, 11) is -3.57. The summed E-state index contributed by atoms with van der Waals surface area (Å²) < 4.78 is 31.2. The number of amides is 1. The van der Waals surface area contributed by atoms with Gasteiger partial charge in [0.05, 0.1) is 9.82 Å². The van der Waals surface area contributed by atoms with Gasteiger partial charge in [0.25, 0.3) is 11.6 Å². The molecule has 11 heteroatoms. The van der Waals surface area contributed by atoms with E-state index in [0.29, 0.717) is 24.2 Å². The highest BCUT2D eigenvalue weighted by atomic mass is 32.2. The van der Waals surface area contributed by atoms with E-state index in [1.165, 1.54) is 40.7 Å². The third kappa shape index (κ3) is 6.96. The molecule has 0 unspecified atom stereocenters. The van der Waals surface area contributed by atoms with Gasteiger partial charge in [0.1, 0.15) is 0 Å². The molecule has 0 saturated carbocycles. The molecule has 0 fully saturated rings. The van der Waals surface area contributed by atoms with Crippen LogP contribution in [0.2, 0.25) is 0 Å². The van der Waals surface area contributed by atoms with Crippen LogP contribution in [-0.4, -0.2) is 49.2 Å². The number of nitro benzene ring substituents is 1.